The van der Waals surface area contributed by atoms with Gasteiger partial charge in [-0.3, -0.25) is 24.0 Å². The molecule has 0 spiro atoms. The molecule has 0 saturated carbocycles. The van der Waals surface area contributed by atoms with E-state index in [9.17, 15) is 28.8 Å². The van der Waals surface area contributed by atoms with Crippen LogP contribution in [0.15, 0.2) is 64.2 Å². The highest BCUT2D eigenvalue weighted by Gasteiger charge is 2.30. The first-order valence-corrected chi connectivity index (χ1v) is 11.5. The fourth-order valence-electron chi connectivity index (χ4n) is 3.80. The van der Waals surface area contributed by atoms with Crippen LogP contribution in [0.3, 0.4) is 0 Å². The Morgan fingerprint density at radius 3 is 2.27 bits per heavy atom. The van der Waals surface area contributed by atoms with E-state index in [-0.39, 0.29) is 24.6 Å². The third-order valence-electron chi connectivity index (χ3n) is 5.76. The van der Waals surface area contributed by atoms with Crippen LogP contribution >= 0.6 is 0 Å². The maximum atomic E-state index is 13.5. The number of nitrogens with one attached hydrogen (secondary N) is 3. The standard InChI is InChI=1S/C25H27N5O7/c1-14(24(35)36)27-21(32)18(11-12-20(26)31)28-22(33)19(13-15-7-3-2-4-8-15)30-23(34)16-9-5-6-10-17(16)29-25(30)37/h2-10,14,18-19H,11-13H2,1H3,(H2,26,31)(H,27,32)(H,28,33)(H,29,37)(H,35,36). The Balaban J connectivity index is 2.02. The van der Waals surface area contributed by atoms with Gasteiger partial charge in [0.2, 0.25) is 17.7 Å². The molecule has 1 heterocycles. The van der Waals surface area contributed by atoms with Crippen molar-refractivity contribution >= 4 is 34.6 Å². The lowest BCUT2D eigenvalue weighted by molar-refractivity contribution is -0.141. The summed E-state index contributed by atoms with van der Waals surface area (Å²) in [6, 6.07) is 11.0. The van der Waals surface area contributed by atoms with E-state index < -0.39 is 53.1 Å². The first kappa shape index (κ1) is 26.9. The smallest absolute Gasteiger partial charge is 0.329 e. The highest BCUT2D eigenvalue weighted by molar-refractivity contribution is 5.92. The SMILES string of the molecule is CC(NC(=O)C(CCC(N)=O)NC(=O)C(Cc1ccccc1)n1c(=O)[nH]c2ccccc2c1=O)C(=O)O. The summed E-state index contributed by atoms with van der Waals surface area (Å²) in [5.74, 6) is -3.74. The zero-order chi connectivity index (χ0) is 27.1. The number of nitrogens with zero attached hydrogens (tertiary/aromatic N) is 1. The normalized spacial score (nSPS) is 13.3. The minimum Gasteiger partial charge on any atom is -0.480 e. The second-order valence-corrected chi connectivity index (χ2v) is 8.49. The third-order valence-corrected chi connectivity index (χ3v) is 5.76. The number of carboxylic acids is 1. The van der Waals surface area contributed by atoms with Crippen LogP contribution in [0, 0.1) is 0 Å². The molecule has 3 amide bonds. The van der Waals surface area contributed by atoms with Gasteiger partial charge in [-0.25, -0.2) is 9.36 Å². The van der Waals surface area contributed by atoms with Crippen LogP contribution in [0.1, 0.15) is 31.4 Å². The molecule has 0 radical (unpaired) electrons. The summed E-state index contributed by atoms with van der Waals surface area (Å²) in [6.07, 6.45) is -0.566. The van der Waals surface area contributed by atoms with Gasteiger partial charge in [-0.2, -0.15) is 0 Å². The molecule has 194 valence electrons. The maximum absolute atomic E-state index is 13.5. The van der Waals surface area contributed by atoms with Crippen LogP contribution in [0.4, 0.5) is 0 Å². The summed E-state index contributed by atoms with van der Waals surface area (Å²) >= 11 is 0. The molecule has 6 N–H and O–H groups in total. The molecule has 1 aromatic heterocycles. The van der Waals surface area contributed by atoms with Crippen molar-refractivity contribution in [2.45, 2.75) is 44.3 Å². The van der Waals surface area contributed by atoms with Crippen molar-refractivity contribution in [3.8, 4) is 0 Å². The van der Waals surface area contributed by atoms with Crippen molar-refractivity contribution in [2.24, 2.45) is 5.73 Å². The number of hydrogen-bond acceptors (Lipinski definition) is 6. The van der Waals surface area contributed by atoms with E-state index in [1.165, 1.54) is 13.0 Å². The maximum Gasteiger partial charge on any atom is 0.329 e. The molecule has 3 rings (SSSR count). The molecular weight excluding hydrogens is 482 g/mol. The van der Waals surface area contributed by atoms with Crippen LogP contribution in [0.25, 0.3) is 10.9 Å². The quantitative estimate of drug-likeness (QED) is 0.236. The van der Waals surface area contributed by atoms with Gasteiger partial charge in [-0.15, -0.1) is 0 Å². The molecular formula is C25H27N5O7. The lowest BCUT2D eigenvalue weighted by Crippen LogP contribution is -2.54. The average molecular weight is 510 g/mol. The summed E-state index contributed by atoms with van der Waals surface area (Å²) in [5.41, 5.74) is 4.61. The molecule has 0 saturated heterocycles. The largest absolute Gasteiger partial charge is 0.480 e. The first-order valence-electron chi connectivity index (χ1n) is 11.5. The van der Waals surface area contributed by atoms with Crippen LogP contribution in [0.2, 0.25) is 0 Å². The zero-order valence-corrected chi connectivity index (χ0v) is 20.0. The Labute approximate surface area is 210 Å². The van der Waals surface area contributed by atoms with E-state index >= 15 is 0 Å². The number of fused-ring (bicyclic) bond motifs is 1. The fourth-order valence-corrected chi connectivity index (χ4v) is 3.80. The molecule has 0 aliphatic rings. The van der Waals surface area contributed by atoms with E-state index in [1.54, 1.807) is 48.5 Å². The Morgan fingerprint density at radius 1 is 0.973 bits per heavy atom. The Kier molecular flexibility index (Phi) is 8.56. The Bertz CT molecular complexity index is 1430. The summed E-state index contributed by atoms with van der Waals surface area (Å²) in [5, 5.41) is 14.0. The molecule has 12 nitrogen and oxygen atoms in total. The van der Waals surface area contributed by atoms with Crippen LogP contribution in [0.5, 0.6) is 0 Å². The van der Waals surface area contributed by atoms with Gasteiger partial charge in [0.05, 0.1) is 10.9 Å². The number of para-hydroxylation sites is 1. The van der Waals surface area contributed by atoms with Crippen molar-refractivity contribution in [3.63, 3.8) is 0 Å². The highest BCUT2D eigenvalue weighted by Crippen LogP contribution is 2.14. The van der Waals surface area contributed by atoms with E-state index in [4.69, 9.17) is 10.8 Å². The van der Waals surface area contributed by atoms with Crippen molar-refractivity contribution in [1.29, 1.82) is 0 Å². The monoisotopic (exact) mass is 509 g/mol. The van der Waals surface area contributed by atoms with Gasteiger partial charge in [0.1, 0.15) is 18.1 Å². The lowest BCUT2D eigenvalue weighted by atomic mass is 10.0. The van der Waals surface area contributed by atoms with Gasteiger partial charge in [-0.05, 0) is 31.0 Å². The number of aromatic amines is 1. The number of hydrogen-bond donors (Lipinski definition) is 5. The minimum atomic E-state index is -1.37. The molecule has 3 unspecified atom stereocenters. The van der Waals surface area contributed by atoms with Gasteiger partial charge < -0.3 is 26.5 Å². The number of aliphatic carboxylic acids is 1. The highest BCUT2D eigenvalue weighted by atomic mass is 16.4. The summed E-state index contributed by atoms with van der Waals surface area (Å²) < 4.78 is 0.785. The van der Waals surface area contributed by atoms with Crippen molar-refractivity contribution < 1.29 is 24.3 Å². The molecule has 3 aromatic rings. The number of H-pyrrole nitrogens is 1. The number of amides is 3. The van der Waals surface area contributed by atoms with Gasteiger partial charge in [0, 0.05) is 12.8 Å². The lowest BCUT2D eigenvalue weighted by Gasteiger charge is -2.24. The second-order valence-electron chi connectivity index (χ2n) is 8.49. The minimum absolute atomic E-state index is 0.0658. The molecule has 0 fully saturated rings. The third kappa shape index (κ3) is 6.69. The predicted molar refractivity (Wildman–Crippen MR) is 134 cm³/mol. The van der Waals surface area contributed by atoms with Crippen LogP contribution in [-0.4, -0.2) is 50.4 Å². The van der Waals surface area contributed by atoms with Gasteiger partial charge >= 0.3 is 11.7 Å². The van der Waals surface area contributed by atoms with Crippen molar-refractivity contribution in [2.75, 3.05) is 0 Å². The topological polar surface area (TPSA) is 193 Å². The average Bonchev–Trinajstić information content (AvgIpc) is 2.86. The fraction of sp³-hybridized carbons (Fsp3) is 0.280. The Hall–Kier alpha value is -4.74. The second kappa shape index (κ2) is 11.8. The number of nitrogens with two attached hydrogens (primary N) is 1. The van der Waals surface area contributed by atoms with Crippen molar-refractivity contribution in [3.05, 3.63) is 81.0 Å². The number of rotatable bonds is 11. The predicted octanol–water partition coefficient (Wildman–Crippen LogP) is -0.187. The van der Waals surface area contributed by atoms with Crippen molar-refractivity contribution in [1.82, 2.24) is 20.2 Å². The molecule has 0 aliphatic carbocycles. The molecule has 2 aromatic carbocycles. The van der Waals surface area contributed by atoms with Gasteiger partial charge in [0.15, 0.2) is 0 Å². The molecule has 3 atom stereocenters. The van der Waals surface area contributed by atoms with E-state index in [0.717, 1.165) is 4.57 Å². The number of carbonyl (C=O) groups is 4. The van der Waals surface area contributed by atoms with E-state index in [2.05, 4.69) is 15.6 Å². The summed E-state index contributed by atoms with van der Waals surface area (Å²) in [7, 11) is 0. The number of primary amides is 1. The summed E-state index contributed by atoms with van der Waals surface area (Å²) in [6.45, 7) is 1.24. The molecule has 37 heavy (non-hydrogen) atoms. The van der Waals surface area contributed by atoms with E-state index in [0.29, 0.717) is 11.1 Å². The number of benzene rings is 2. The van der Waals surface area contributed by atoms with Gasteiger partial charge in [0.25, 0.3) is 5.56 Å². The Morgan fingerprint density at radius 2 is 1.62 bits per heavy atom. The number of carboxylic acid groups (broad SMARTS) is 1. The van der Waals surface area contributed by atoms with Crippen LogP contribution in [-0.2, 0) is 25.6 Å². The molecule has 0 aliphatic heterocycles. The summed E-state index contributed by atoms with van der Waals surface area (Å²) in [4.78, 5) is 77.7. The van der Waals surface area contributed by atoms with Crippen LogP contribution < -0.4 is 27.6 Å². The number of aromatic nitrogens is 2. The first-order chi connectivity index (χ1) is 17.6. The molecule has 0 bridgehead atoms. The number of carbonyl (C=O) groups excluding carboxylic acids is 3. The molecule has 12 heteroatoms. The van der Waals surface area contributed by atoms with Gasteiger partial charge in [-0.1, -0.05) is 42.5 Å². The van der Waals surface area contributed by atoms with E-state index in [1.807, 2.05) is 0 Å². The zero-order valence-electron chi connectivity index (χ0n) is 20.0.